The lowest BCUT2D eigenvalue weighted by molar-refractivity contribution is -0.128. The van der Waals surface area contributed by atoms with Crippen molar-refractivity contribution >= 4 is 17.7 Å². The van der Waals surface area contributed by atoms with Crippen LogP contribution in [0.5, 0.6) is 5.75 Å². The standard InChI is InChI=1S/C26H32N4O2S/c1-3-16-29(18-21-9-10-21)24(31)19-33-26-28-27-25(22-11-13-23(32-2)14-12-22)30(26)17-15-20-7-5-4-6-8-20/h4-8,11-14,21H,3,9-10,15-19H2,1-2H3. The highest BCUT2D eigenvalue weighted by Gasteiger charge is 2.26. The van der Waals surface area contributed by atoms with Crippen LogP contribution in [-0.2, 0) is 17.8 Å². The van der Waals surface area contributed by atoms with E-state index >= 15 is 0 Å². The summed E-state index contributed by atoms with van der Waals surface area (Å²) in [6.07, 6.45) is 4.35. The fourth-order valence-electron chi connectivity index (χ4n) is 3.85. The lowest BCUT2D eigenvalue weighted by atomic mass is 10.1. The Morgan fingerprint density at radius 2 is 1.88 bits per heavy atom. The first kappa shape index (κ1) is 23.4. The Bertz CT molecular complexity index is 1030. The van der Waals surface area contributed by atoms with Crippen LogP contribution in [0.15, 0.2) is 59.8 Å². The molecule has 0 bridgehead atoms. The maximum Gasteiger partial charge on any atom is 0.233 e. The summed E-state index contributed by atoms with van der Waals surface area (Å²) in [6, 6.07) is 18.3. The molecule has 1 aliphatic carbocycles. The Morgan fingerprint density at radius 1 is 1.12 bits per heavy atom. The van der Waals surface area contributed by atoms with E-state index in [4.69, 9.17) is 4.74 Å². The lowest BCUT2D eigenvalue weighted by Crippen LogP contribution is -2.35. The third kappa shape index (κ3) is 6.38. The van der Waals surface area contributed by atoms with Gasteiger partial charge in [-0.05, 0) is 61.4 Å². The number of ether oxygens (including phenoxy) is 1. The molecule has 0 atom stereocenters. The second-order valence-corrected chi connectivity index (χ2v) is 9.44. The van der Waals surface area contributed by atoms with Crippen LogP contribution >= 0.6 is 11.8 Å². The van der Waals surface area contributed by atoms with E-state index in [1.165, 1.54) is 30.2 Å². The first-order valence-corrected chi connectivity index (χ1v) is 12.7. The molecule has 6 nitrogen and oxygen atoms in total. The number of hydrogen-bond acceptors (Lipinski definition) is 5. The number of methoxy groups -OCH3 is 1. The van der Waals surface area contributed by atoms with Gasteiger partial charge < -0.3 is 14.2 Å². The molecule has 1 aromatic heterocycles. The fraction of sp³-hybridized carbons (Fsp3) is 0.423. The molecule has 4 rings (SSSR count). The normalized spacial score (nSPS) is 13.2. The number of amides is 1. The number of aromatic nitrogens is 3. The van der Waals surface area contributed by atoms with E-state index in [2.05, 4.69) is 46.0 Å². The van der Waals surface area contributed by atoms with Gasteiger partial charge in [0, 0.05) is 25.2 Å². The van der Waals surface area contributed by atoms with Crippen molar-refractivity contribution < 1.29 is 9.53 Å². The van der Waals surface area contributed by atoms with Crippen LogP contribution in [0.25, 0.3) is 11.4 Å². The SMILES string of the molecule is CCCN(CC1CC1)C(=O)CSc1nnc(-c2ccc(OC)cc2)n1CCc1ccccc1. The van der Waals surface area contributed by atoms with Crippen molar-refractivity contribution in [2.24, 2.45) is 5.92 Å². The minimum Gasteiger partial charge on any atom is -0.497 e. The molecule has 0 radical (unpaired) electrons. The number of nitrogens with zero attached hydrogens (tertiary/aromatic N) is 4. The Kier molecular flexibility index (Phi) is 8.05. The number of aryl methyl sites for hydroxylation is 1. The molecule has 0 saturated heterocycles. The van der Waals surface area contributed by atoms with Crippen molar-refractivity contribution in [3.63, 3.8) is 0 Å². The van der Waals surface area contributed by atoms with Gasteiger partial charge in [-0.2, -0.15) is 0 Å². The van der Waals surface area contributed by atoms with E-state index < -0.39 is 0 Å². The predicted molar refractivity (Wildman–Crippen MR) is 132 cm³/mol. The van der Waals surface area contributed by atoms with Gasteiger partial charge in [0.15, 0.2) is 11.0 Å². The number of carbonyl (C=O) groups excluding carboxylic acids is 1. The van der Waals surface area contributed by atoms with Gasteiger partial charge >= 0.3 is 0 Å². The molecule has 1 fully saturated rings. The average molecular weight is 465 g/mol. The van der Waals surface area contributed by atoms with E-state index in [-0.39, 0.29) is 5.91 Å². The van der Waals surface area contributed by atoms with Crippen LogP contribution in [0.1, 0.15) is 31.7 Å². The van der Waals surface area contributed by atoms with E-state index in [1.54, 1.807) is 7.11 Å². The van der Waals surface area contributed by atoms with E-state index in [1.807, 2.05) is 35.2 Å². The average Bonchev–Trinajstić information content (AvgIpc) is 3.59. The van der Waals surface area contributed by atoms with Crippen molar-refractivity contribution in [1.29, 1.82) is 0 Å². The summed E-state index contributed by atoms with van der Waals surface area (Å²) in [4.78, 5) is 15.0. The number of benzene rings is 2. The topological polar surface area (TPSA) is 60.3 Å². The third-order valence-electron chi connectivity index (χ3n) is 5.88. The van der Waals surface area contributed by atoms with Gasteiger partial charge in [-0.3, -0.25) is 4.79 Å². The van der Waals surface area contributed by atoms with Crippen LogP contribution in [0.3, 0.4) is 0 Å². The summed E-state index contributed by atoms with van der Waals surface area (Å²) >= 11 is 1.49. The van der Waals surface area contributed by atoms with Gasteiger partial charge in [-0.15, -0.1) is 10.2 Å². The molecule has 1 saturated carbocycles. The molecule has 0 N–H and O–H groups in total. The summed E-state index contributed by atoms with van der Waals surface area (Å²) in [5.41, 5.74) is 2.24. The zero-order chi connectivity index (χ0) is 23.0. The molecule has 1 amide bonds. The quantitative estimate of drug-likeness (QED) is 0.356. The summed E-state index contributed by atoms with van der Waals surface area (Å²) in [6.45, 7) is 4.59. The van der Waals surface area contributed by atoms with Crippen molar-refractivity contribution in [2.45, 2.75) is 44.3 Å². The van der Waals surface area contributed by atoms with Crippen molar-refractivity contribution in [2.75, 3.05) is 26.0 Å². The van der Waals surface area contributed by atoms with Gasteiger partial charge in [0.05, 0.1) is 12.9 Å². The first-order valence-electron chi connectivity index (χ1n) is 11.7. The number of thioether (sulfide) groups is 1. The smallest absolute Gasteiger partial charge is 0.233 e. The maximum absolute atomic E-state index is 12.9. The minimum absolute atomic E-state index is 0.192. The lowest BCUT2D eigenvalue weighted by Gasteiger charge is -2.21. The summed E-state index contributed by atoms with van der Waals surface area (Å²) in [5.74, 6) is 2.89. The zero-order valence-electron chi connectivity index (χ0n) is 19.4. The largest absolute Gasteiger partial charge is 0.497 e. The summed E-state index contributed by atoms with van der Waals surface area (Å²) in [5, 5.41) is 9.76. The van der Waals surface area contributed by atoms with Crippen LogP contribution in [0, 0.1) is 5.92 Å². The van der Waals surface area contributed by atoms with Gasteiger partial charge in [0.25, 0.3) is 0 Å². The molecule has 2 aromatic carbocycles. The van der Waals surface area contributed by atoms with Crippen LogP contribution in [0.2, 0.25) is 0 Å². The first-order chi connectivity index (χ1) is 16.2. The predicted octanol–water partition coefficient (Wildman–Crippen LogP) is 4.94. The third-order valence-corrected chi connectivity index (χ3v) is 6.83. The summed E-state index contributed by atoms with van der Waals surface area (Å²) < 4.78 is 7.43. The molecular formula is C26H32N4O2S. The zero-order valence-corrected chi connectivity index (χ0v) is 20.3. The molecule has 0 aliphatic heterocycles. The van der Waals surface area contributed by atoms with E-state index in [9.17, 15) is 4.79 Å². The van der Waals surface area contributed by atoms with Crippen LogP contribution in [-0.4, -0.2) is 51.5 Å². The Morgan fingerprint density at radius 3 is 2.55 bits per heavy atom. The Balaban J connectivity index is 1.51. The van der Waals surface area contributed by atoms with Crippen LogP contribution in [0.4, 0.5) is 0 Å². The van der Waals surface area contributed by atoms with Crippen LogP contribution < -0.4 is 4.74 Å². The second kappa shape index (κ2) is 11.4. The number of carbonyl (C=O) groups is 1. The molecule has 7 heteroatoms. The molecule has 33 heavy (non-hydrogen) atoms. The summed E-state index contributed by atoms with van der Waals surface area (Å²) in [7, 11) is 1.66. The van der Waals surface area contributed by atoms with E-state index in [0.717, 1.165) is 54.8 Å². The maximum atomic E-state index is 12.9. The van der Waals surface area contributed by atoms with E-state index in [0.29, 0.717) is 11.7 Å². The highest BCUT2D eigenvalue weighted by Crippen LogP contribution is 2.30. The molecule has 0 spiro atoms. The Hall–Kier alpha value is -2.80. The Labute approximate surface area is 200 Å². The molecule has 0 unspecified atom stereocenters. The molecular weight excluding hydrogens is 432 g/mol. The monoisotopic (exact) mass is 464 g/mol. The number of hydrogen-bond donors (Lipinski definition) is 0. The second-order valence-electron chi connectivity index (χ2n) is 8.49. The fourth-order valence-corrected chi connectivity index (χ4v) is 4.72. The van der Waals surface area contributed by atoms with Gasteiger partial charge in [-0.1, -0.05) is 49.0 Å². The van der Waals surface area contributed by atoms with Gasteiger partial charge in [0.2, 0.25) is 5.91 Å². The highest BCUT2D eigenvalue weighted by molar-refractivity contribution is 7.99. The van der Waals surface area contributed by atoms with Crippen molar-refractivity contribution in [3.8, 4) is 17.1 Å². The molecule has 1 heterocycles. The van der Waals surface area contributed by atoms with Gasteiger partial charge in [-0.25, -0.2) is 0 Å². The molecule has 3 aromatic rings. The minimum atomic E-state index is 0.192. The van der Waals surface area contributed by atoms with Gasteiger partial charge in [0.1, 0.15) is 5.75 Å². The van der Waals surface area contributed by atoms with Crippen molar-refractivity contribution in [3.05, 3.63) is 60.2 Å². The molecule has 1 aliphatic rings. The van der Waals surface area contributed by atoms with Crippen molar-refractivity contribution in [1.82, 2.24) is 19.7 Å². The highest BCUT2D eigenvalue weighted by atomic mass is 32.2. The molecule has 174 valence electrons. The number of rotatable bonds is 12.